The molecule has 3 aromatic carbocycles. The van der Waals surface area contributed by atoms with E-state index < -0.39 is 28.0 Å². The number of sulfonamides is 1. The second-order valence-electron chi connectivity index (χ2n) is 8.39. The highest BCUT2D eigenvalue weighted by molar-refractivity contribution is 7.92. The molecule has 0 aromatic heterocycles. The molecule has 1 atom stereocenters. The molecule has 8 nitrogen and oxygen atoms in total. The van der Waals surface area contributed by atoms with Crippen molar-refractivity contribution in [2.75, 3.05) is 23.3 Å². The Kier molecular flexibility index (Phi) is 6.53. The zero-order chi connectivity index (χ0) is 25.3. The van der Waals surface area contributed by atoms with E-state index in [1.807, 2.05) is 13.8 Å². The molecule has 1 heterocycles. The normalized spacial score (nSPS) is 15.1. The molecular weight excluding hydrogens is 468 g/mol. The monoisotopic (exact) mass is 494 g/mol. The highest BCUT2D eigenvalue weighted by Gasteiger charge is 2.38. The lowest BCUT2D eigenvalue weighted by molar-refractivity contribution is -0.122. The molecular formula is C26H26N2O6S. The molecule has 0 unspecified atom stereocenters. The fourth-order valence-corrected chi connectivity index (χ4v) is 5.35. The highest BCUT2D eigenvalue weighted by atomic mass is 32.2. The number of benzene rings is 3. The van der Waals surface area contributed by atoms with Crippen LogP contribution in [-0.2, 0) is 19.6 Å². The van der Waals surface area contributed by atoms with Gasteiger partial charge in [0.05, 0.1) is 29.8 Å². The van der Waals surface area contributed by atoms with Gasteiger partial charge in [-0.15, -0.1) is 0 Å². The molecule has 9 heteroatoms. The Morgan fingerprint density at radius 3 is 2.37 bits per heavy atom. The molecule has 182 valence electrons. The molecule has 0 aliphatic carbocycles. The largest absolute Gasteiger partial charge is 0.476 e. The first-order valence-corrected chi connectivity index (χ1v) is 12.4. The molecule has 0 saturated carbocycles. The van der Waals surface area contributed by atoms with Crippen molar-refractivity contribution < 1.29 is 27.5 Å². The number of esters is 1. The van der Waals surface area contributed by atoms with Gasteiger partial charge in [0, 0.05) is 5.69 Å². The second-order valence-corrected chi connectivity index (χ2v) is 10.2. The lowest BCUT2D eigenvalue weighted by Gasteiger charge is -2.35. The van der Waals surface area contributed by atoms with Gasteiger partial charge < -0.3 is 14.8 Å². The quantitative estimate of drug-likeness (QED) is 0.538. The van der Waals surface area contributed by atoms with Crippen molar-refractivity contribution in [3.63, 3.8) is 0 Å². The number of nitrogens with zero attached hydrogens (tertiary/aromatic N) is 1. The van der Waals surface area contributed by atoms with Crippen LogP contribution >= 0.6 is 0 Å². The number of rotatable bonds is 5. The minimum absolute atomic E-state index is 0.123. The van der Waals surface area contributed by atoms with E-state index in [-0.39, 0.29) is 17.2 Å². The van der Waals surface area contributed by atoms with Gasteiger partial charge in [-0.05, 0) is 68.3 Å². The van der Waals surface area contributed by atoms with Crippen molar-refractivity contribution >= 4 is 33.3 Å². The number of amides is 1. The van der Waals surface area contributed by atoms with Crippen LogP contribution in [0.25, 0.3) is 0 Å². The van der Waals surface area contributed by atoms with Crippen molar-refractivity contribution in [1.29, 1.82) is 0 Å². The van der Waals surface area contributed by atoms with Crippen LogP contribution in [0.5, 0.6) is 5.75 Å². The third-order valence-corrected chi connectivity index (χ3v) is 7.68. The third kappa shape index (κ3) is 4.72. The predicted octanol–water partition coefficient (Wildman–Crippen LogP) is 3.99. The van der Waals surface area contributed by atoms with E-state index in [0.29, 0.717) is 22.5 Å². The first kappa shape index (κ1) is 24.3. The third-order valence-electron chi connectivity index (χ3n) is 5.88. The summed E-state index contributed by atoms with van der Waals surface area (Å²) in [6, 6.07) is 16.6. The van der Waals surface area contributed by atoms with Crippen molar-refractivity contribution in [3.05, 3.63) is 82.9 Å². The zero-order valence-corrected chi connectivity index (χ0v) is 20.7. The molecule has 4 rings (SSSR count). The van der Waals surface area contributed by atoms with Crippen LogP contribution in [0.4, 0.5) is 11.4 Å². The Bertz CT molecular complexity index is 1400. The van der Waals surface area contributed by atoms with Crippen LogP contribution in [0.1, 0.15) is 27.0 Å². The molecule has 3 aromatic rings. The summed E-state index contributed by atoms with van der Waals surface area (Å²) < 4.78 is 39.1. The summed E-state index contributed by atoms with van der Waals surface area (Å²) in [5.74, 6) is -0.768. The maximum absolute atomic E-state index is 13.6. The molecule has 0 fully saturated rings. The van der Waals surface area contributed by atoms with E-state index in [1.54, 1.807) is 67.6 Å². The average Bonchev–Trinajstić information content (AvgIpc) is 2.84. The molecule has 0 radical (unpaired) electrons. The summed E-state index contributed by atoms with van der Waals surface area (Å²) in [6.45, 7) is 5.21. The molecule has 0 bridgehead atoms. The van der Waals surface area contributed by atoms with Crippen LogP contribution in [0.2, 0.25) is 0 Å². The Balaban J connectivity index is 1.68. The number of methoxy groups -OCH3 is 1. The number of fused-ring (bicyclic) bond motifs is 1. The summed E-state index contributed by atoms with van der Waals surface area (Å²) in [5, 5.41) is 2.77. The van der Waals surface area contributed by atoms with Crippen molar-refractivity contribution in [3.8, 4) is 5.75 Å². The number of carbonyl (C=O) groups excluding carboxylic acids is 2. The smallest absolute Gasteiger partial charge is 0.338 e. The van der Waals surface area contributed by atoms with Gasteiger partial charge >= 0.3 is 5.97 Å². The van der Waals surface area contributed by atoms with Gasteiger partial charge in [-0.25, -0.2) is 13.2 Å². The molecule has 1 aliphatic rings. The van der Waals surface area contributed by atoms with Gasteiger partial charge in [-0.3, -0.25) is 9.10 Å². The summed E-state index contributed by atoms with van der Waals surface area (Å²) in [4.78, 5) is 25.4. The van der Waals surface area contributed by atoms with Gasteiger partial charge in [0.15, 0.2) is 6.10 Å². The first-order chi connectivity index (χ1) is 16.6. The van der Waals surface area contributed by atoms with E-state index >= 15 is 0 Å². The number of hydrogen-bond donors (Lipinski definition) is 1. The van der Waals surface area contributed by atoms with Gasteiger partial charge in [0.25, 0.3) is 15.9 Å². The first-order valence-electron chi connectivity index (χ1n) is 11.0. The SMILES string of the molecule is COC(=O)c1cccc(NC(=O)[C@@H]2CN(S(=O)(=O)c3ccc(C)cc3)c3cc(C)ccc3O2)c1C. The van der Waals surface area contributed by atoms with E-state index in [9.17, 15) is 18.0 Å². The Morgan fingerprint density at radius 2 is 1.69 bits per heavy atom. The van der Waals surface area contributed by atoms with Crippen molar-refractivity contribution in [1.82, 2.24) is 0 Å². The van der Waals surface area contributed by atoms with Crippen LogP contribution in [0, 0.1) is 20.8 Å². The summed E-state index contributed by atoms with van der Waals surface area (Å²) in [5.41, 5.74) is 3.42. The number of aryl methyl sites for hydroxylation is 2. The molecule has 0 saturated heterocycles. The average molecular weight is 495 g/mol. The van der Waals surface area contributed by atoms with Crippen LogP contribution < -0.4 is 14.4 Å². The van der Waals surface area contributed by atoms with Crippen LogP contribution in [-0.4, -0.2) is 40.1 Å². The minimum atomic E-state index is -3.97. The van der Waals surface area contributed by atoms with E-state index in [0.717, 1.165) is 11.1 Å². The zero-order valence-electron chi connectivity index (χ0n) is 19.9. The van der Waals surface area contributed by atoms with Gasteiger partial charge in [0.1, 0.15) is 5.75 Å². The number of ether oxygens (including phenoxy) is 2. The van der Waals surface area contributed by atoms with Gasteiger partial charge in [-0.2, -0.15) is 0 Å². The lowest BCUT2D eigenvalue weighted by Crippen LogP contribution is -2.49. The van der Waals surface area contributed by atoms with E-state index in [2.05, 4.69) is 5.32 Å². The topological polar surface area (TPSA) is 102 Å². The standard InChI is InChI=1S/C26H26N2O6S/c1-16-8-11-19(12-9-16)35(31,32)28-15-24(34-23-13-10-17(2)14-22(23)28)25(29)27-21-7-5-6-20(18(21)3)26(30)33-4/h5-14,24H,15H2,1-4H3,(H,27,29)/t24-/m0/s1. The van der Waals surface area contributed by atoms with Gasteiger partial charge in [-0.1, -0.05) is 29.8 Å². The lowest BCUT2D eigenvalue weighted by atomic mass is 10.1. The fraction of sp³-hybridized carbons (Fsp3) is 0.231. The molecule has 35 heavy (non-hydrogen) atoms. The number of anilines is 2. The molecule has 1 amide bonds. The second kappa shape index (κ2) is 9.42. The Labute approximate surface area is 204 Å². The van der Waals surface area contributed by atoms with Crippen LogP contribution in [0.3, 0.4) is 0 Å². The number of hydrogen-bond acceptors (Lipinski definition) is 6. The van der Waals surface area contributed by atoms with E-state index in [1.165, 1.54) is 11.4 Å². The number of carbonyl (C=O) groups is 2. The number of nitrogens with one attached hydrogen (secondary N) is 1. The Hall–Kier alpha value is -3.85. The molecule has 1 N–H and O–H groups in total. The van der Waals surface area contributed by atoms with Crippen molar-refractivity contribution in [2.24, 2.45) is 0 Å². The Morgan fingerprint density at radius 1 is 1.00 bits per heavy atom. The van der Waals surface area contributed by atoms with Gasteiger partial charge in [0.2, 0.25) is 0 Å². The summed E-state index contributed by atoms with van der Waals surface area (Å²) in [7, 11) is -2.68. The van der Waals surface area contributed by atoms with E-state index in [4.69, 9.17) is 9.47 Å². The minimum Gasteiger partial charge on any atom is -0.476 e. The van der Waals surface area contributed by atoms with Crippen LogP contribution in [0.15, 0.2) is 65.6 Å². The summed E-state index contributed by atoms with van der Waals surface area (Å²) >= 11 is 0. The fourth-order valence-electron chi connectivity index (χ4n) is 3.88. The maximum Gasteiger partial charge on any atom is 0.338 e. The highest BCUT2D eigenvalue weighted by Crippen LogP contribution is 2.38. The molecule has 0 spiro atoms. The molecule has 1 aliphatic heterocycles. The van der Waals surface area contributed by atoms with Crippen molar-refractivity contribution in [2.45, 2.75) is 31.8 Å². The predicted molar refractivity (Wildman–Crippen MR) is 132 cm³/mol. The maximum atomic E-state index is 13.6. The summed E-state index contributed by atoms with van der Waals surface area (Å²) in [6.07, 6.45) is -1.12.